The molecule has 17 heavy (non-hydrogen) atoms. The zero-order valence-electron chi connectivity index (χ0n) is 9.63. The molecule has 0 bridgehead atoms. The normalized spacial score (nSPS) is 11.1. The van der Waals surface area contributed by atoms with E-state index in [-0.39, 0.29) is 16.9 Å². The molecule has 0 aliphatic carbocycles. The van der Waals surface area contributed by atoms with Gasteiger partial charge in [0.25, 0.3) is 0 Å². The number of aliphatic carboxylic acids is 1. The van der Waals surface area contributed by atoms with Crippen LogP contribution in [0.25, 0.3) is 5.57 Å². The van der Waals surface area contributed by atoms with Crippen LogP contribution in [0, 0.1) is 0 Å². The number of carboxylic acid groups (broad SMARTS) is 1. The van der Waals surface area contributed by atoms with Crippen molar-refractivity contribution < 1.29 is 19.4 Å². The molecule has 1 aromatic rings. The van der Waals surface area contributed by atoms with Crippen molar-refractivity contribution in [1.29, 1.82) is 0 Å². The number of carbonyl (C=O) groups is 1. The lowest BCUT2D eigenvalue weighted by Gasteiger charge is -2.08. The number of methoxy groups -OCH3 is 2. The highest BCUT2D eigenvalue weighted by Gasteiger charge is 2.19. The molecular formula is C10H12N2O5. The minimum Gasteiger partial charge on any atom is -0.503 e. The molecule has 1 rings (SSSR count). The predicted molar refractivity (Wildman–Crippen MR) is 58.7 cm³/mol. The largest absolute Gasteiger partial charge is 0.503 e. The molecular weight excluding hydrogens is 228 g/mol. The maximum atomic E-state index is 11.7. The molecule has 0 radical (unpaired) electrons. The number of hydrogen-bond donors (Lipinski definition) is 1. The van der Waals surface area contributed by atoms with Gasteiger partial charge in [-0.15, -0.1) is 0 Å². The summed E-state index contributed by atoms with van der Waals surface area (Å²) >= 11 is 0. The van der Waals surface area contributed by atoms with Crippen LogP contribution < -0.4 is 10.3 Å². The van der Waals surface area contributed by atoms with E-state index in [0.29, 0.717) is 0 Å². The smallest absolute Gasteiger partial charge is 0.339 e. The van der Waals surface area contributed by atoms with Gasteiger partial charge in [-0.3, -0.25) is 4.79 Å². The van der Waals surface area contributed by atoms with E-state index in [1.54, 1.807) is 0 Å². The van der Waals surface area contributed by atoms with Crippen LogP contribution in [0.5, 0.6) is 5.75 Å². The fraction of sp³-hybridized carbons (Fsp3) is 0.300. The van der Waals surface area contributed by atoms with E-state index in [0.717, 1.165) is 10.9 Å². The summed E-state index contributed by atoms with van der Waals surface area (Å²) in [6, 6.07) is 0. The van der Waals surface area contributed by atoms with Gasteiger partial charge in [-0.1, -0.05) is 0 Å². The second-order valence-electron chi connectivity index (χ2n) is 3.09. The molecule has 1 heterocycles. The highest BCUT2D eigenvalue weighted by atomic mass is 16.5. The summed E-state index contributed by atoms with van der Waals surface area (Å²) < 4.78 is 10.6. The van der Waals surface area contributed by atoms with Crippen molar-refractivity contribution in [2.75, 3.05) is 14.2 Å². The van der Waals surface area contributed by atoms with Gasteiger partial charge in [0.1, 0.15) is 5.57 Å². The molecule has 0 atom stereocenters. The highest BCUT2D eigenvalue weighted by molar-refractivity contribution is 6.15. The van der Waals surface area contributed by atoms with Crippen LogP contribution in [0.15, 0.2) is 17.3 Å². The molecule has 0 amide bonds. The first-order chi connectivity index (χ1) is 8.02. The van der Waals surface area contributed by atoms with Gasteiger partial charge in [-0.05, 0) is 0 Å². The van der Waals surface area contributed by atoms with E-state index in [1.165, 1.54) is 27.5 Å². The van der Waals surface area contributed by atoms with Crippen LogP contribution in [0.1, 0.15) is 5.56 Å². The Kier molecular flexibility index (Phi) is 3.86. The molecule has 0 saturated carbocycles. The lowest BCUT2D eigenvalue weighted by Crippen LogP contribution is -2.22. The number of nitrogens with zero attached hydrogens (tertiary/aromatic N) is 2. The average molecular weight is 240 g/mol. The van der Waals surface area contributed by atoms with E-state index in [9.17, 15) is 9.59 Å². The number of rotatable bonds is 4. The molecule has 92 valence electrons. The van der Waals surface area contributed by atoms with E-state index in [2.05, 4.69) is 9.84 Å². The van der Waals surface area contributed by atoms with E-state index >= 15 is 0 Å². The SMILES string of the molecule is CO/C=C(/C(=O)O)c1cnn(C)c(=O)c1OC. The summed E-state index contributed by atoms with van der Waals surface area (Å²) in [6.45, 7) is 0. The van der Waals surface area contributed by atoms with Crippen molar-refractivity contribution >= 4 is 11.5 Å². The standard InChI is InChI=1S/C10H12N2O5/c1-12-9(13)8(17-3)6(4-11-12)7(5-16-2)10(14)15/h4-5H,1-3H3,(H,14,15)/b7-5+. The fourth-order valence-corrected chi connectivity index (χ4v) is 1.25. The minimum atomic E-state index is -1.24. The van der Waals surface area contributed by atoms with Crippen molar-refractivity contribution in [2.24, 2.45) is 7.05 Å². The van der Waals surface area contributed by atoms with E-state index in [1.807, 2.05) is 0 Å². The van der Waals surface area contributed by atoms with Crippen molar-refractivity contribution in [1.82, 2.24) is 9.78 Å². The van der Waals surface area contributed by atoms with Gasteiger partial charge in [-0.2, -0.15) is 5.10 Å². The molecule has 1 N–H and O–H groups in total. The van der Waals surface area contributed by atoms with Crippen LogP contribution in [-0.4, -0.2) is 35.1 Å². The molecule has 7 nitrogen and oxygen atoms in total. The number of ether oxygens (including phenoxy) is 2. The Morgan fingerprint density at radius 3 is 2.65 bits per heavy atom. The van der Waals surface area contributed by atoms with Crippen LogP contribution >= 0.6 is 0 Å². The van der Waals surface area contributed by atoms with Crippen molar-refractivity contribution in [3.8, 4) is 5.75 Å². The Balaban J connectivity index is 3.50. The molecule has 7 heteroatoms. The second-order valence-corrected chi connectivity index (χ2v) is 3.09. The molecule has 0 unspecified atom stereocenters. The fourth-order valence-electron chi connectivity index (χ4n) is 1.25. The Hall–Kier alpha value is -2.31. The Morgan fingerprint density at radius 2 is 2.18 bits per heavy atom. The van der Waals surface area contributed by atoms with Gasteiger partial charge in [0.05, 0.1) is 32.2 Å². The first-order valence-corrected chi connectivity index (χ1v) is 4.59. The first-order valence-electron chi connectivity index (χ1n) is 4.59. The number of aryl methyl sites for hydroxylation is 1. The molecule has 1 aromatic heterocycles. The van der Waals surface area contributed by atoms with Crippen LogP contribution in [0.4, 0.5) is 0 Å². The maximum Gasteiger partial charge on any atom is 0.339 e. The third kappa shape index (κ3) is 2.44. The molecule has 0 aliphatic heterocycles. The molecule has 0 spiro atoms. The Bertz CT molecular complexity index is 518. The molecule has 0 aromatic carbocycles. The zero-order valence-corrected chi connectivity index (χ0v) is 9.63. The summed E-state index contributed by atoms with van der Waals surface area (Å²) in [6.07, 6.45) is 2.25. The summed E-state index contributed by atoms with van der Waals surface area (Å²) in [4.78, 5) is 22.7. The van der Waals surface area contributed by atoms with Crippen molar-refractivity contribution in [2.45, 2.75) is 0 Å². The highest BCUT2D eigenvalue weighted by Crippen LogP contribution is 2.21. The molecule has 0 fully saturated rings. The van der Waals surface area contributed by atoms with Crippen LogP contribution in [0.3, 0.4) is 0 Å². The van der Waals surface area contributed by atoms with E-state index in [4.69, 9.17) is 9.84 Å². The Labute approximate surface area is 96.9 Å². The monoisotopic (exact) mass is 240 g/mol. The minimum absolute atomic E-state index is 0.0740. The summed E-state index contributed by atoms with van der Waals surface area (Å²) in [7, 11) is 4.03. The van der Waals surface area contributed by atoms with E-state index < -0.39 is 11.5 Å². The van der Waals surface area contributed by atoms with Gasteiger partial charge in [-0.25, -0.2) is 9.48 Å². The van der Waals surface area contributed by atoms with Crippen molar-refractivity contribution in [3.05, 3.63) is 28.4 Å². The third-order valence-corrected chi connectivity index (χ3v) is 2.05. The molecule has 0 aliphatic rings. The van der Waals surface area contributed by atoms with Gasteiger partial charge < -0.3 is 14.6 Å². The van der Waals surface area contributed by atoms with Gasteiger partial charge in [0.15, 0.2) is 5.75 Å². The quantitative estimate of drug-likeness (QED) is 0.582. The Morgan fingerprint density at radius 1 is 1.53 bits per heavy atom. The average Bonchev–Trinajstić information content (AvgIpc) is 2.29. The molecule has 0 saturated heterocycles. The van der Waals surface area contributed by atoms with Crippen LogP contribution in [0.2, 0.25) is 0 Å². The van der Waals surface area contributed by atoms with Crippen molar-refractivity contribution in [3.63, 3.8) is 0 Å². The first kappa shape index (κ1) is 12.8. The number of carboxylic acids is 1. The zero-order chi connectivity index (χ0) is 13.0. The van der Waals surface area contributed by atoms with Gasteiger partial charge in [0, 0.05) is 7.05 Å². The maximum absolute atomic E-state index is 11.7. The van der Waals surface area contributed by atoms with Gasteiger partial charge in [0.2, 0.25) is 0 Å². The summed E-state index contributed by atoms with van der Waals surface area (Å²) in [5, 5.41) is 12.7. The summed E-state index contributed by atoms with van der Waals surface area (Å²) in [5.41, 5.74) is -0.646. The predicted octanol–water partition coefficient (Wildman–Crippen LogP) is -0.139. The number of hydrogen-bond acceptors (Lipinski definition) is 5. The lowest BCUT2D eigenvalue weighted by molar-refractivity contribution is -0.130. The second kappa shape index (κ2) is 5.15. The third-order valence-electron chi connectivity index (χ3n) is 2.05. The van der Waals surface area contributed by atoms with Gasteiger partial charge >= 0.3 is 11.5 Å². The topological polar surface area (TPSA) is 90.6 Å². The summed E-state index contributed by atoms with van der Waals surface area (Å²) in [5.74, 6) is -1.33. The number of aromatic nitrogens is 2. The lowest BCUT2D eigenvalue weighted by atomic mass is 10.1. The van der Waals surface area contributed by atoms with Crippen LogP contribution in [-0.2, 0) is 16.6 Å².